The Hall–Kier alpha value is -1.83. The van der Waals surface area contributed by atoms with Gasteiger partial charge in [0.15, 0.2) is 0 Å². The SMILES string of the molecule is N#Cc1cc(C#N)c(B(O)O)cc1B(O)O. The van der Waals surface area contributed by atoms with Crippen molar-refractivity contribution in [3.05, 3.63) is 23.3 Å². The fraction of sp³-hybridized carbons (Fsp3) is 0. The Kier molecular flexibility index (Phi) is 3.67. The summed E-state index contributed by atoms with van der Waals surface area (Å²) in [7, 11) is -3.83. The van der Waals surface area contributed by atoms with Crippen LogP contribution in [-0.2, 0) is 0 Å². The largest absolute Gasteiger partial charge is 0.489 e. The Morgan fingerprint density at radius 1 is 0.812 bits per heavy atom. The number of nitriles is 2. The molecule has 0 aliphatic carbocycles. The van der Waals surface area contributed by atoms with Gasteiger partial charge in [-0.1, -0.05) is 6.07 Å². The summed E-state index contributed by atoms with van der Waals surface area (Å²) < 4.78 is 0. The zero-order valence-electron chi connectivity index (χ0n) is 7.99. The molecular formula is C8H6B2N2O4. The van der Waals surface area contributed by atoms with E-state index >= 15 is 0 Å². The number of nitrogens with zero attached hydrogens (tertiary/aromatic N) is 2. The molecule has 0 spiro atoms. The van der Waals surface area contributed by atoms with Crippen molar-refractivity contribution >= 4 is 25.2 Å². The Labute approximate surface area is 91.9 Å². The van der Waals surface area contributed by atoms with E-state index in [9.17, 15) is 0 Å². The van der Waals surface area contributed by atoms with Gasteiger partial charge in [-0.2, -0.15) is 10.5 Å². The maximum atomic E-state index is 8.96. The maximum Gasteiger partial charge on any atom is 0.489 e. The molecule has 0 saturated carbocycles. The van der Waals surface area contributed by atoms with Gasteiger partial charge in [0.2, 0.25) is 0 Å². The number of benzene rings is 1. The minimum absolute atomic E-state index is 0.101. The van der Waals surface area contributed by atoms with Gasteiger partial charge in [0.25, 0.3) is 0 Å². The van der Waals surface area contributed by atoms with E-state index < -0.39 is 14.2 Å². The van der Waals surface area contributed by atoms with E-state index in [2.05, 4.69) is 0 Å². The van der Waals surface area contributed by atoms with Gasteiger partial charge in [0.05, 0.1) is 23.3 Å². The lowest BCUT2D eigenvalue weighted by Crippen LogP contribution is -2.41. The molecule has 1 aromatic carbocycles. The zero-order chi connectivity index (χ0) is 12.3. The molecule has 78 valence electrons. The monoisotopic (exact) mass is 216 g/mol. The fourth-order valence-corrected chi connectivity index (χ4v) is 1.25. The molecule has 0 unspecified atom stereocenters. The summed E-state index contributed by atoms with van der Waals surface area (Å²) in [6, 6.07) is 5.45. The average Bonchev–Trinajstić information content (AvgIpc) is 2.26. The van der Waals surface area contributed by atoms with Crippen molar-refractivity contribution in [1.29, 1.82) is 10.5 Å². The lowest BCUT2D eigenvalue weighted by molar-refractivity contribution is 0.425. The van der Waals surface area contributed by atoms with E-state index in [4.69, 9.17) is 30.6 Å². The molecule has 0 radical (unpaired) electrons. The van der Waals surface area contributed by atoms with Crippen LogP contribution in [-0.4, -0.2) is 34.3 Å². The van der Waals surface area contributed by atoms with Crippen LogP contribution in [0.4, 0.5) is 0 Å². The topological polar surface area (TPSA) is 128 Å². The number of rotatable bonds is 2. The van der Waals surface area contributed by atoms with Crippen LogP contribution in [0.5, 0.6) is 0 Å². The second kappa shape index (κ2) is 4.79. The first-order valence-electron chi connectivity index (χ1n) is 4.21. The van der Waals surface area contributed by atoms with Gasteiger partial charge in [-0.05, 0) is 17.0 Å². The lowest BCUT2D eigenvalue weighted by Gasteiger charge is -2.08. The van der Waals surface area contributed by atoms with E-state index in [1.165, 1.54) is 0 Å². The molecule has 0 saturated heterocycles. The molecule has 0 aliphatic rings. The van der Waals surface area contributed by atoms with Crippen molar-refractivity contribution in [3.8, 4) is 12.1 Å². The van der Waals surface area contributed by atoms with Crippen LogP contribution in [0, 0.1) is 22.7 Å². The second-order valence-electron chi connectivity index (χ2n) is 3.00. The van der Waals surface area contributed by atoms with E-state index in [0.717, 1.165) is 12.1 Å². The van der Waals surface area contributed by atoms with Crippen molar-refractivity contribution in [2.45, 2.75) is 0 Å². The molecule has 0 aromatic heterocycles. The molecular weight excluding hydrogens is 210 g/mol. The molecule has 16 heavy (non-hydrogen) atoms. The molecule has 4 N–H and O–H groups in total. The fourth-order valence-electron chi connectivity index (χ4n) is 1.25. The first-order valence-corrected chi connectivity index (χ1v) is 4.21. The maximum absolute atomic E-state index is 8.96. The van der Waals surface area contributed by atoms with Crippen LogP contribution in [0.15, 0.2) is 12.1 Å². The smallest absolute Gasteiger partial charge is 0.423 e. The molecule has 0 fully saturated rings. The Morgan fingerprint density at radius 3 is 1.44 bits per heavy atom. The highest BCUT2D eigenvalue weighted by Gasteiger charge is 2.23. The minimum Gasteiger partial charge on any atom is -0.423 e. The summed E-state index contributed by atoms with van der Waals surface area (Å²) in [5.74, 6) is 0. The molecule has 0 amide bonds. The molecule has 1 rings (SSSR count). The van der Waals surface area contributed by atoms with Gasteiger partial charge < -0.3 is 20.1 Å². The highest BCUT2D eigenvalue weighted by atomic mass is 16.4. The van der Waals surface area contributed by atoms with Gasteiger partial charge in [0.1, 0.15) is 0 Å². The molecule has 1 aromatic rings. The van der Waals surface area contributed by atoms with E-state index in [-0.39, 0.29) is 22.1 Å². The van der Waals surface area contributed by atoms with Gasteiger partial charge in [-0.3, -0.25) is 0 Å². The zero-order valence-corrected chi connectivity index (χ0v) is 7.99. The summed E-state index contributed by atoms with van der Waals surface area (Å²) in [6.07, 6.45) is 0. The first-order chi connectivity index (χ1) is 7.51. The summed E-state index contributed by atoms with van der Waals surface area (Å²) in [5.41, 5.74) is -0.555. The van der Waals surface area contributed by atoms with Crippen molar-refractivity contribution in [2.75, 3.05) is 0 Å². The van der Waals surface area contributed by atoms with Crippen LogP contribution < -0.4 is 10.9 Å². The standard InChI is InChI=1S/C8H6B2N2O4/c11-3-5-1-6(4-12)8(10(15)16)2-7(5)9(13)14/h1-2,13-16H. The molecule has 6 nitrogen and oxygen atoms in total. The molecule has 0 heterocycles. The van der Waals surface area contributed by atoms with Crippen LogP contribution in [0.25, 0.3) is 0 Å². The van der Waals surface area contributed by atoms with Crippen LogP contribution in [0.3, 0.4) is 0 Å². The predicted molar refractivity (Wildman–Crippen MR) is 55.5 cm³/mol. The molecule has 0 atom stereocenters. The Bertz CT molecular complexity index is 449. The van der Waals surface area contributed by atoms with E-state index in [1.54, 1.807) is 12.1 Å². The van der Waals surface area contributed by atoms with E-state index in [1.807, 2.05) is 0 Å². The van der Waals surface area contributed by atoms with Gasteiger partial charge in [-0.25, -0.2) is 0 Å². The first kappa shape index (κ1) is 12.2. The van der Waals surface area contributed by atoms with Crippen molar-refractivity contribution in [1.82, 2.24) is 0 Å². The second-order valence-corrected chi connectivity index (χ2v) is 3.00. The summed E-state index contributed by atoms with van der Waals surface area (Å²) >= 11 is 0. The molecule has 0 bridgehead atoms. The normalized spacial score (nSPS) is 9.12. The Morgan fingerprint density at radius 2 is 1.19 bits per heavy atom. The summed E-state index contributed by atoms with van der Waals surface area (Å²) in [4.78, 5) is 0. The van der Waals surface area contributed by atoms with Crippen LogP contribution in [0.2, 0.25) is 0 Å². The summed E-state index contributed by atoms with van der Waals surface area (Å²) in [6.45, 7) is 0. The average molecular weight is 216 g/mol. The van der Waals surface area contributed by atoms with E-state index in [0.29, 0.717) is 0 Å². The third-order valence-corrected chi connectivity index (χ3v) is 2.02. The quantitative estimate of drug-likeness (QED) is 0.385. The van der Waals surface area contributed by atoms with Crippen molar-refractivity contribution < 1.29 is 20.1 Å². The molecule has 0 aliphatic heterocycles. The minimum atomic E-state index is -1.92. The Balaban J connectivity index is 3.50. The van der Waals surface area contributed by atoms with Gasteiger partial charge in [-0.15, -0.1) is 0 Å². The highest BCUT2D eigenvalue weighted by molar-refractivity contribution is 6.63. The van der Waals surface area contributed by atoms with Crippen molar-refractivity contribution in [3.63, 3.8) is 0 Å². The number of hydrogen-bond donors (Lipinski definition) is 4. The third kappa shape index (κ3) is 2.22. The third-order valence-electron chi connectivity index (χ3n) is 2.02. The van der Waals surface area contributed by atoms with Crippen LogP contribution in [0.1, 0.15) is 11.1 Å². The van der Waals surface area contributed by atoms with Gasteiger partial charge in [0, 0.05) is 0 Å². The van der Waals surface area contributed by atoms with Crippen molar-refractivity contribution in [2.24, 2.45) is 0 Å². The van der Waals surface area contributed by atoms with Gasteiger partial charge >= 0.3 is 14.2 Å². The summed E-state index contributed by atoms with van der Waals surface area (Å²) in [5, 5.41) is 53.3. The molecule has 8 heteroatoms. The highest BCUT2D eigenvalue weighted by Crippen LogP contribution is 2.00. The van der Waals surface area contributed by atoms with Crippen LogP contribution >= 0.6 is 0 Å². The lowest BCUT2D eigenvalue weighted by atomic mass is 9.69. The predicted octanol–water partition coefficient (Wildman–Crippen LogP) is -3.21. The number of hydrogen-bond acceptors (Lipinski definition) is 6.